The first-order chi connectivity index (χ1) is 13.1. The van der Waals surface area contributed by atoms with Crippen LogP contribution in [0.5, 0.6) is 0 Å². The van der Waals surface area contributed by atoms with Crippen molar-refractivity contribution >= 4 is 11.8 Å². The molecular formula is C17H18N8O2. The number of hydrogen-bond acceptors (Lipinski definition) is 6. The van der Waals surface area contributed by atoms with Crippen LogP contribution >= 0.6 is 0 Å². The number of amides is 2. The molecule has 0 saturated carbocycles. The predicted molar refractivity (Wildman–Crippen MR) is 93.5 cm³/mol. The van der Waals surface area contributed by atoms with Gasteiger partial charge in [0.05, 0.1) is 23.1 Å². The summed E-state index contributed by atoms with van der Waals surface area (Å²) in [6, 6.07) is 9.60. The van der Waals surface area contributed by atoms with Gasteiger partial charge < -0.3 is 0 Å². The van der Waals surface area contributed by atoms with E-state index in [1.807, 2.05) is 37.3 Å². The lowest BCUT2D eigenvalue weighted by Gasteiger charge is -2.27. The third-order valence-electron chi connectivity index (χ3n) is 4.48. The molecule has 1 aromatic carbocycles. The van der Waals surface area contributed by atoms with E-state index in [0.29, 0.717) is 18.7 Å². The molecule has 0 aliphatic carbocycles. The minimum absolute atomic E-state index is 0.0148. The third-order valence-corrected chi connectivity index (χ3v) is 4.48. The van der Waals surface area contributed by atoms with Gasteiger partial charge in [0, 0.05) is 13.1 Å². The van der Waals surface area contributed by atoms with Gasteiger partial charge in [-0.1, -0.05) is 18.2 Å². The number of hydrogen-bond donors (Lipinski definition) is 0. The topological polar surface area (TPSA) is 102 Å². The number of benzene rings is 1. The zero-order valence-corrected chi connectivity index (χ0v) is 14.8. The Morgan fingerprint density at radius 1 is 1.11 bits per heavy atom. The summed E-state index contributed by atoms with van der Waals surface area (Å²) in [4.78, 5) is 25.6. The van der Waals surface area contributed by atoms with Gasteiger partial charge in [-0.3, -0.25) is 9.59 Å². The summed E-state index contributed by atoms with van der Waals surface area (Å²) in [6.45, 7) is 2.80. The predicted octanol–water partition coefficient (Wildman–Crippen LogP) is 0.457. The largest absolute Gasteiger partial charge is 0.275 e. The number of carbonyl (C=O) groups is 2. The van der Waals surface area contributed by atoms with Gasteiger partial charge in [0.1, 0.15) is 12.9 Å². The summed E-state index contributed by atoms with van der Waals surface area (Å²) in [5, 5.41) is 18.0. The molecule has 3 heterocycles. The van der Waals surface area contributed by atoms with E-state index in [-0.39, 0.29) is 18.4 Å². The second-order valence-electron chi connectivity index (χ2n) is 6.20. The maximum atomic E-state index is 13.1. The van der Waals surface area contributed by atoms with Crippen LogP contribution in [0.25, 0.3) is 5.69 Å². The number of nitrogens with zero attached hydrogens (tertiary/aromatic N) is 8. The monoisotopic (exact) mass is 366 g/mol. The Kier molecular flexibility index (Phi) is 4.37. The molecule has 3 aromatic rings. The molecule has 0 unspecified atom stereocenters. The van der Waals surface area contributed by atoms with Crippen LogP contribution in [0.15, 0.2) is 42.9 Å². The van der Waals surface area contributed by atoms with E-state index in [1.54, 1.807) is 10.9 Å². The summed E-state index contributed by atoms with van der Waals surface area (Å²) >= 11 is 0. The van der Waals surface area contributed by atoms with Gasteiger partial charge in [0.25, 0.3) is 11.8 Å². The normalized spacial score (nSPS) is 14.0. The van der Waals surface area contributed by atoms with Crippen LogP contribution < -0.4 is 0 Å². The van der Waals surface area contributed by atoms with Crippen LogP contribution in [-0.2, 0) is 11.3 Å². The fourth-order valence-electron chi connectivity index (χ4n) is 3.14. The minimum atomic E-state index is -0.239. The van der Waals surface area contributed by atoms with Crippen LogP contribution in [0.2, 0.25) is 0 Å². The van der Waals surface area contributed by atoms with Gasteiger partial charge in [-0.25, -0.2) is 19.4 Å². The molecule has 10 heteroatoms. The lowest BCUT2D eigenvalue weighted by molar-refractivity contribution is -0.141. The molecule has 1 aliphatic heterocycles. The summed E-state index contributed by atoms with van der Waals surface area (Å²) in [6.07, 6.45) is 3.64. The summed E-state index contributed by atoms with van der Waals surface area (Å²) < 4.78 is 3.05. The van der Waals surface area contributed by atoms with Crippen molar-refractivity contribution in [2.45, 2.75) is 19.9 Å². The number of tetrazole rings is 1. The van der Waals surface area contributed by atoms with Gasteiger partial charge in [0.15, 0.2) is 0 Å². The highest BCUT2D eigenvalue weighted by atomic mass is 16.2. The molecule has 4 rings (SSSR count). The van der Waals surface area contributed by atoms with E-state index in [0.717, 1.165) is 17.8 Å². The molecule has 1 saturated heterocycles. The molecule has 10 nitrogen and oxygen atoms in total. The summed E-state index contributed by atoms with van der Waals surface area (Å²) in [5.41, 5.74) is 2.08. The lowest BCUT2D eigenvalue weighted by atomic mass is 10.2. The van der Waals surface area contributed by atoms with Crippen molar-refractivity contribution in [3.63, 3.8) is 0 Å². The van der Waals surface area contributed by atoms with E-state index in [4.69, 9.17) is 0 Å². The first-order valence-electron chi connectivity index (χ1n) is 8.58. The Labute approximate surface area is 154 Å². The first kappa shape index (κ1) is 16.9. The summed E-state index contributed by atoms with van der Waals surface area (Å²) in [5.74, 6) is -0.474. The SMILES string of the molecule is Cc1c(C(=O)N2CCCN2C(=O)Cn2cnnn2)cnn1-c1ccccc1. The standard InChI is InChI=1S/C17H18N8O2/c1-13-15(10-19-25(13)14-6-3-2-4-7-14)17(27)24-9-5-8-23(24)16(26)11-22-12-18-20-21-22/h2-4,6-7,10,12H,5,8-9,11H2,1H3. The highest BCUT2D eigenvalue weighted by Crippen LogP contribution is 2.20. The van der Waals surface area contributed by atoms with Crippen molar-refractivity contribution < 1.29 is 9.59 Å². The van der Waals surface area contributed by atoms with Gasteiger partial charge in [0.2, 0.25) is 0 Å². The molecule has 138 valence electrons. The number of rotatable bonds is 4. The van der Waals surface area contributed by atoms with E-state index in [2.05, 4.69) is 20.6 Å². The fraction of sp³-hybridized carbons (Fsp3) is 0.294. The first-order valence-corrected chi connectivity index (χ1v) is 8.58. The molecule has 0 bridgehead atoms. The van der Waals surface area contributed by atoms with E-state index < -0.39 is 0 Å². The Hall–Kier alpha value is -3.56. The molecule has 0 N–H and O–H groups in total. The third kappa shape index (κ3) is 3.16. The average Bonchev–Trinajstić information content (AvgIpc) is 3.42. The Bertz CT molecular complexity index is 951. The minimum Gasteiger partial charge on any atom is -0.271 e. The van der Waals surface area contributed by atoms with Crippen molar-refractivity contribution in [2.75, 3.05) is 13.1 Å². The highest BCUT2D eigenvalue weighted by molar-refractivity contribution is 5.96. The second-order valence-corrected chi connectivity index (χ2v) is 6.20. The summed E-state index contributed by atoms with van der Waals surface area (Å²) in [7, 11) is 0. The number of para-hydroxylation sites is 1. The van der Waals surface area contributed by atoms with Crippen molar-refractivity contribution in [3.8, 4) is 5.69 Å². The fourth-order valence-corrected chi connectivity index (χ4v) is 3.14. The van der Waals surface area contributed by atoms with Gasteiger partial charge in [-0.2, -0.15) is 5.10 Å². The zero-order valence-electron chi connectivity index (χ0n) is 14.8. The van der Waals surface area contributed by atoms with Crippen LogP contribution in [0, 0.1) is 6.92 Å². The molecule has 0 radical (unpaired) electrons. The van der Waals surface area contributed by atoms with E-state index >= 15 is 0 Å². The number of aromatic nitrogens is 6. The molecule has 1 aliphatic rings. The van der Waals surface area contributed by atoms with Crippen molar-refractivity contribution in [1.82, 2.24) is 40.0 Å². The van der Waals surface area contributed by atoms with Crippen LogP contribution in [-0.4, -0.2) is 64.9 Å². The van der Waals surface area contributed by atoms with Gasteiger partial charge in [-0.15, -0.1) is 5.10 Å². The molecular weight excluding hydrogens is 348 g/mol. The molecule has 2 aromatic heterocycles. The van der Waals surface area contributed by atoms with Crippen LogP contribution in [0.3, 0.4) is 0 Å². The van der Waals surface area contributed by atoms with E-state index in [1.165, 1.54) is 21.0 Å². The second kappa shape index (κ2) is 6.98. The highest BCUT2D eigenvalue weighted by Gasteiger charge is 2.33. The van der Waals surface area contributed by atoms with Crippen molar-refractivity contribution in [2.24, 2.45) is 0 Å². The lowest BCUT2D eigenvalue weighted by Crippen LogP contribution is -2.46. The van der Waals surface area contributed by atoms with Crippen LogP contribution in [0.4, 0.5) is 0 Å². The van der Waals surface area contributed by atoms with E-state index in [9.17, 15) is 9.59 Å². The zero-order chi connectivity index (χ0) is 18.8. The number of hydrazine groups is 1. The van der Waals surface area contributed by atoms with Crippen LogP contribution in [0.1, 0.15) is 22.5 Å². The molecule has 0 spiro atoms. The Morgan fingerprint density at radius 2 is 1.89 bits per heavy atom. The maximum Gasteiger partial charge on any atom is 0.275 e. The molecule has 0 atom stereocenters. The molecule has 27 heavy (non-hydrogen) atoms. The van der Waals surface area contributed by atoms with Gasteiger partial charge in [-0.05, 0) is 35.9 Å². The Morgan fingerprint density at radius 3 is 2.63 bits per heavy atom. The van der Waals surface area contributed by atoms with Crippen molar-refractivity contribution in [1.29, 1.82) is 0 Å². The quantitative estimate of drug-likeness (QED) is 0.665. The van der Waals surface area contributed by atoms with Gasteiger partial charge >= 0.3 is 0 Å². The van der Waals surface area contributed by atoms with Crippen molar-refractivity contribution in [3.05, 3.63) is 54.1 Å². The molecule has 1 fully saturated rings. The number of carbonyl (C=O) groups excluding carboxylic acids is 2. The smallest absolute Gasteiger partial charge is 0.271 e. The molecule has 2 amide bonds. The average molecular weight is 366 g/mol. The maximum absolute atomic E-state index is 13.1. The Balaban J connectivity index is 1.55.